The summed E-state index contributed by atoms with van der Waals surface area (Å²) in [4.78, 5) is 12.1. The summed E-state index contributed by atoms with van der Waals surface area (Å²) in [6.07, 6.45) is 1.09. The number of hydrogen-bond acceptors (Lipinski definition) is 4. The van der Waals surface area contributed by atoms with Crippen LogP contribution in [0, 0.1) is 6.92 Å². The number of ether oxygens (including phenoxy) is 3. The fourth-order valence-corrected chi connectivity index (χ4v) is 2.75. The van der Waals surface area contributed by atoms with Crippen LogP contribution >= 0.6 is 0 Å². The second-order valence-corrected chi connectivity index (χ2v) is 6.57. The van der Waals surface area contributed by atoms with Gasteiger partial charge in [-0.1, -0.05) is 23.8 Å². The van der Waals surface area contributed by atoms with E-state index in [9.17, 15) is 4.79 Å². The quantitative estimate of drug-likeness (QED) is 0.828. The molecular weight excluding hydrogens is 330 g/mol. The van der Waals surface area contributed by atoms with Crippen molar-refractivity contribution in [3.63, 3.8) is 0 Å². The maximum absolute atomic E-state index is 12.1. The van der Waals surface area contributed by atoms with Crippen LogP contribution in [-0.4, -0.2) is 31.8 Å². The third-order valence-electron chi connectivity index (χ3n) is 4.18. The fourth-order valence-electron chi connectivity index (χ4n) is 2.75. The zero-order chi connectivity index (χ0) is 18.4. The van der Waals surface area contributed by atoms with Crippen molar-refractivity contribution in [2.45, 2.75) is 32.7 Å². The molecule has 1 heterocycles. The van der Waals surface area contributed by atoms with E-state index in [1.165, 1.54) is 5.56 Å². The number of aryl methyl sites for hydroxylation is 2. The lowest BCUT2D eigenvalue weighted by atomic mass is 10.1. The molecule has 5 nitrogen and oxygen atoms in total. The highest BCUT2D eigenvalue weighted by Gasteiger charge is 2.13. The van der Waals surface area contributed by atoms with Crippen molar-refractivity contribution in [2.24, 2.45) is 0 Å². The van der Waals surface area contributed by atoms with Crippen molar-refractivity contribution in [2.75, 3.05) is 19.8 Å². The minimum Gasteiger partial charge on any atom is -0.491 e. The molecule has 0 aromatic heterocycles. The van der Waals surface area contributed by atoms with Crippen molar-refractivity contribution in [1.29, 1.82) is 0 Å². The van der Waals surface area contributed by atoms with Gasteiger partial charge in [-0.05, 0) is 50.1 Å². The summed E-state index contributed by atoms with van der Waals surface area (Å²) in [5.74, 6) is 2.35. The van der Waals surface area contributed by atoms with E-state index in [1.54, 1.807) is 0 Å². The first-order valence-corrected chi connectivity index (χ1v) is 8.97. The van der Waals surface area contributed by atoms with Crippen molar-refractivity contribution < 1.29 is 19.0 Å². The van der Waals surface area contributed by atoms with Gasteiger partial charge in [-0.3, -0.25) is 4.79 Å². The highest BCUT2D eigenvalue weighted by molar-refractivity contribution is 5.76. The van der Waals surface area contributed by atoms with Crippen LogP contribution in [0.15, 0.2) is 42.5 Å². The van der Waals surface area contributed by atoms with Crippen molar-refractivity contribution in [3.05, 3.63) is 53.6 Å². The minimum atomic E-state index is -0.0518. The monoisotopic (exact) mass is 355 g/mol. The van der Waals surface area contributed by atoms with E-state index in [1.807, 2.05) is 56.3 Å². The Morgan fingerprint density at radius 1 is 1.12 bits per heavy atom. The second-order valence-electron chi connectivity index (χ2n) is 6.57. The smallest absolute Gasteiger partial charge is 0.220 e. The van der Waals surface area contributed by atoms with E-state index in [0.29, 0.717) is 32.7 Å². The molecule has 0 unspecified atom stereocenters. The average Bonchev–Trinajstić information content (AvgIpc) is 2.66. The van der Waals surface area contributed by atoms with E-state index in [4.69, 9.17) is 14.2 Å². The summed E-state index contributed by atoms with van der Waals surface area (Å²) >= 11 is 0. The first-order chi connectivity index (χ1) is 12.6. The summed E-state index contributed by atoms with van der Waals surface area (Å²) in [5, 5.41) is 2.97. The Bertz CT molecular complexity index is 742. The summed E-state index contributed by atoms with van der Waals surface area (Å²) in [7, 11) is 0. The van der Waals surface area contributed by atoms with Crippen molar-refractivity contribution >= 4 is 5.91 Å². The van der Waals surface area contributed by atoms with Gasteiger partial charge in [-0.2, -0.15) is 0 Å². The predicted molar refractivity (Wildman–Crippen MR) is 100 cm³/mol. The highest BCUT2D eigenvalue weighted by atomic mass is 16.6. The summed E-state index contributed by atoms with van der Waals surface area (Å²) < 4.78 is 16.8. The van der Waals surface area contributed by atoms with Gasteiger partial charge in [0.05, 0.1) is 6.04 Å². The Morgan fingerprint density at radius 3 is 2.62 bits per heavy atom. The Hall–Kier alpha value is -2.69. The van der Waals surface area contributed by atoms with Crippen LogP contribution in [0.5, 0.6) is 17.2 Å². The standard InChI is InChI=1S/C21H25NO4/c1-15-3-7-18(8-4-15)26-14-16(2)22-21(23)10-6-17-5-9-19-20(13-17)25-12-11-24-19/h3-5,7-9,13,16H,6,10-12,14H2,1-2H3,(H,22,23)/t16-/m0/s1. The molecule has 1 amide bonds. The largest absolute Gasteiger partial charge is 0.491 e. The Balaban J connectivity index is 1.41. The lowest BCUT2D eigenvalue weighted by Crippen LogP contribution is -2.36. The molecule has 0 radical (unpaired) electrons. The molecule has 5 heteroatoms. The topological polar surface area (TPSA) is 56.8 Å². The Kier molecular flexibility index (Phi) is 6.00. The number of amides is 1. The van der Waals surface area contributed by atoms with E-state index >= 15 is 0 Å². The van der Waals surface area contributed by atoms with Crippen molar-refractivity contribution in [3.8, 4) is 17.2 Å². The van der Waals surface area contributed by atoms with Gasteiger partial charge in [0.1, 0.15) is 25.6 Å². The normalized spacial score (nSPS) is 13.8. The molecule has 1 aliphatic heterocycles. The summed E-state index contributed by atoms with van der Waals surface area (Å²) in [6.45, 7) is 5.57. The maximum Gasteiger partial charge on any atom is 0.220 e. The average molecular weight is 355 g/mol. The van der Waals surface area contributed by atoms with Crippen LogP contribution in [0.2, 0.25) is 0 Å². The van der Waals surface area contributed by atoms with Crippen LogP contribution in [0.25, 0.3) is 0 Å². The lowest BCUT2D eigenvalue weighted by molar-refractivity contribution is -0.121. The summed E-state index contributed by atoms with van der Waals surface area (Å²) in [5.41, 5.74) is 2.26. The zero-order valence-electron chi connectivity index (χ0n) is 15.3. The number of nitrogens with one attached hydrogen (secondary N) is 1. The van der Waals surface area contributed by atoms with Gasteiger partial charge in [-0.15, -0.1) is 0 Å². The van der Waals surface area contributed by atoms with E-state index < -0.39 is 0 Å². The first kappa shape index (κ1) is 18.1. The van der Waals surface area contributed by atoms with Gasteiger partial charge in [0.15, 0.2) is 11.5 Å². The van der Waals surface area contributed by atoms with Gasteiger partial charge in [0.25, 0.3) is 0 Å². The molecule has 2 aromatic carbocycles. The molecule has 1 N–H and O–H groups in total. The Morgan fingerprint density at radius 2 is 1.85 bits per heavy atom. The van der Waals surface area contributed by atoms with Gasteiger partial charge in [0, 0.05) is 6.42 Å². The maximum atomic E-state index is 12.1. The fraction of sp³-hybridized carbons (Fsp3) is 0.381. The molecule has 0 bridgehead atoms. The lowest BCUT2D eigenvalue weighted by Gasteiger charge is -2.19. The number of hydrogen-bond donors (Lipinski definition) is 1. The third kappa shape index (κ3) is 5.15. The number of carbonyl (C=O) groups excluding carboxylic acids is 1. The van der Waals surface area contributed by atoms with E-state index in [2.05, 4.69) is 5.32 Å². The van der Waals surface area contributed by atoms with Crippen LogP contribution in [0.1, 0.15) is 24.5 Å². The van der Waals surface area contributed by atoms with Crippen LogP contribution in [0.3, 0.4) is 0 Å². The molecule has 26 heavy (non-hydrogen) atoms. The molecule has 3 rings (SSSR count). The SMILES string of the molecule is Cc1ccc(OC[C@H](C)NC(=O)CCc2ccc3c(c2)OCCO3)cc1. The van der Waals surface area contributed by atoms with Crippen molar-refractivity contribution in [1.82, 2.24) is 5.32 Å². The predicted octanol–water partition coefficient (Wildman–Crippen LogP) is 3.28. The van der Waals surface area contributed by atoms with E-state index in [-0.39, 0.29) is 11.9 Å². The molecule has 0 spiro atoms. The molecule has 0 fully saturated rings. The van der Waals surface area contributed by atoms with Crippen LogP contribution in [-0.2, 0) is 11.2 Å². The van der Waals surface area contributed by atoms with Gasteiger partial charge in [0.2, 0.25) is 5.91 Å². The van der Waals surface area contributed by atoms with Crippen LogP contribution < -0.4 is 19.5 Å². The highest BCUT2D eigenvalue weighted by Crippen LogP contribution is 2.31. The number of benzene rings is 2. The zero-order valence-corrected chi connectivity index (χ0v) is 15.3. The van der Waals surface area contributed by atoms with Gasteiger partial charge < -0.3 is 19.5 Å². The molecule has 0 aliphatic carbocycles. The molecule has 0 saturated carbocycles. The molecule has 1 aliphatic rings. The molecule has 2 aromatic rings. The van der Waals surface area contributed by atoms with E-state index in [0.717, 1.165) is 22.8 Å². The van der Waals surface area contributed by atoms with Gasteiger partial charge in [-0.25, -0.2) is 0 Å². The molecule has 0 saturated heterocycles. The summed E-state index contributed by atoms with van der Waals surface area (Å²) in [6, 6.07) is 13.7. The minimum absolute atomic E-state index is 0.0138. The van der Waals surface area contributed by atoms with Gasteiger partial charge >= 0.3 is 0 Å². The third-order valence-corrected chi connectivity index (χ3v) is 4.18. The molecular formula is C21H25NO4. The second kappa shape index (κ2) is 8.61. The molecule has 1 atom stereocenters. The number of carbonyl (C=O) groups is 1. The molecule has 138 valence electrons. The Labute approximate surface area is 154 Å². The number of fused-ring (bicyclic) bond motifs is 1. The van der Waals surface area contributed by atoms with Crippen LogP contribution in [0.4, 0.5) is 0 Å². The first-order valence-electron chi connectivity index (χ1n) is 8.97. The number of rotatable bonds is 7.